The lowest BCUT2D eigenvalue weighted by molar-refractivity contribution is 0.904. The number of benzene rings is 1. The van der Waals surface area contributed by atoms with Crippen molar-refractivity contribution in [2.45, 2.75) is 0 Å². The van der Waals surface area contributed by atoms with Crippen LogP contribution >= 0.6 is 12.2 Å². The molecule has 2 aromatic rings. The molecule has 6 heteroatoms. The molecule has 0 radical (unpaired) electrons. The molecular formula is C14H16N4OS. The van der Waals surface area contributed by atoms with E-state index in [-0.39, 0.29) is 5.56 Å². The van der Waals surface area contributed by atoms with Crippen LogP contribution in [-0.4, -0.2) is 16.2 Å². The van der Waals surface area contributed by atoms with Crippen molar-refractivity contribution >= 4 is 33.9 Å². The number of fused-ring (bicyclic) bond motifs is 1. The van der Waals surface area contributed by atoms with Crippen LogP contribution in [0.1, 0.15) is 0 Å². The van der Waals surface area contributed by atoms with Gasteiger partial charge in [0.2, 0.25) is 0 Å². The van der Waals surface area contributed by atoms with Gasteiger partial charge in [0.15, 0.2) is 5.11 Å². The summed E-state index contributed by atoms with van der Waals surface area (Å²) in [5, 5.41) is 4.31. The number of thiocarbonyl (C=S) groups is 1. The SMILES string of the molecule is C=CCNC(=S)NNc1cc(=O)n(C)c2ccccc12. The van der Waals surface area contributed by atoms with Gasteiger partial charge in [-0.25, -0.2) is 0 Å². The Labute approximate surface area is 122 Å². The number of hydrazine groups is 1. The summed E-state index contributed by atoms with van der Waals surface area (Å²) in [7, 11) is 1.75. The summed E-state index contributed by atoms with van der Waals surface area (Å²) in [5.74, 6) is 0. The molecule has 0 aliphatic rings. The molecule has 0 saturated heterocycles. The van der Waals surface area contributed by atoms with Crippen LogP contribution in [-0.2, 0) is 7.05 Å². The zero-order valence-corrected chi connectivity index (χ0v) is 12.0. The third kappa shape index (κ3) is 2.97. The van der Waals surface area contributed by atoms with Crippen molar-refractivity contribution in [3.8, 4) is 0 Å². The van der Waals surface area contributed by atoms with Gasteiger partial charge in [-0.3, -0.25) is 15.6 Å². The van der Waals surface area contributed by atoms with Crippen LogP contribution in [0.4, 0.5) is 5.69 Å². The van der Waals surface area contributed by atoms with Gasteiger partial charge in [-0.1, -0.05) is 24.3 Å². The number of anilines is 1. The predicted octanol–water partition coefficient (Wildman–Crippen LogP) is 1.52. The number of hydrogen-bond donors (Lipinski definition) is 3. The summed E-state index contributed by atoms with van der Waals surface area (Å²) in [6, 6.07) is 9.20. The highest BCUT2D eigenvalue weighted by atomic mass is 32.1. The molecule has 1 heterocycles. The Hall–Kier alpha value is -2.34. The van der Waals surface area contributed by atoms with E-state index in [0.29, 0.717) is 17.3 Å². The maximum Gasteiger partial charge on any atom is 0.252 e. The maximum absolute atomic E-state index is 11.9. The number of nitrogens with zero attached hydrogens (tertiary/aromatic N) is 1. The number of para-hydroxylation sites is 1. The van der Waals surface area contributed by atoms with Gasteiger partial charge in [0.25, 0.3) is 5.56 Å². The van der Waals surface area contributed by atoms with Crippen molar-refractivity contribution in [2.24, 2.45) is 7.05 Å². The first-order valence-corrected chi connectivity index (χ1v) is 6.54. The van der Waals surface area contributed by atoms with Gasteiger partial charge in [0, 0.05) is 25.0 Å². The van der Waals surface area contributed by atoms with Crippen LogP contribution in [0, 0.1) is 0 Å². The fraction of sp³-hybridized carbons (Fsp3) is 0.143. The van der Waals surface area contributed by atoms with E-state index in [1.807, 2.05) is 24.3 Å². The Morgan fingerprint density at radius 2 is 2.20 bits per heavy atom. The maximum atomic E-state index is 11.9. The van der Waals surface area contributed by atoms with Crippen molar-refractivity contribution < 1.29 is 0 Å². The zero-order chi connectivity index (χ0) is 14.5. The highest BCUT2D eigenvalue weighted by Gasteiger charge is 2.05. The lowest BCUT2D eigenvalue weighted by Crippen LogP contribution is -2.39. The van der Waals surface area contributed by atoms with Gasteiger partial charge in [-0.2, -0.15) is 0 Å². The van der Waals surface area contributed by atoms with Crippen LogP contribution in [0.2, 0.25) is 0 Å². The van der Waals surface area contributed by atoms with E-state index < -0.39 is 0 Å². The van der Waals surface area contributed by atoms with Crippen molar-refractivity contribution in [2.75, 3.05) is 12.0 Å². The zero-order valence-electron chi connectivity index (χ0n) is 11.1. The van der Waals surface area contributed by atoms with Crippen molar-refractivity contribution in [1.29, 1.82) is 0 Å². The summed E-state index contributed by atoms with van der Waals surface area (Å²) in [6.07, 6.45) is 1.71. The molecule has 1 aromatic carbocycles. The normalized spacial score (nSPS) is 10.1. The average molecular weight is 288 g/mol. The Bertz CT molecular complexity index is 708. The van der Waals surface area contributed by atoms with E-state index in [2.05, 4.69) is 22.7 Å². The molecule has 0 fully saturated rings. The van der Waals surface area contributed by atoms with E-state index in [1.165, 1.54) is 6.07 Å². The molecule has 104 valence electrons. The standard InChI is InChI=1S/C14H16N4OS/c1-3-8-15-14(20)17-16-11-9-13(19)18(2)12-7-5-4-6-10(11)12/h3-7,9,16H,1,8H2,2H3,(H2,15,17,20). The van der Waals surface area contributed by atoms with Crippen molar-refractivity contribution in [3.05, 3.63) is 53.3 Å². The minimum absolute atomic E-state index is 0.0852. The highest BCUT2D eigenvalue weighted by molar-refractivity contribution is 7.80. The molecule has 0 aliphatic heterocycles. The minimum atomic E-state index is -0.0852. The quantitative estimate of drug-likeness (QED) is 0.452. The van der Waals surface area contributed by atoms with Gasteiger partial charge < -0.3 is 9.88 Å². The predicted molar refractivity (Wildman–Crippen MR) is 86.7 cm³/mol. The van der Waals surface area contributed by atoms with Gasteiger partial charge in [-0.05, 0) is 18.3 Å². The summed E-state index contributed by atoms with van der Waals surface area (Å²) >= 11 is 5.08. The third-order valence-electron chi connectivity index (χ3n) is 2.87. The summed E-state index contributed by atoms with van der Waals surface area (Å²) in [6.45, 7) is 4.17. The van der Waals surface area contributed by atoms with E-state index in [9.17, 15) is 4.79 Å². The molecule has 0 saturated carbocycles. The molecule has 20 heavy (non-hydrogen) atoms. The summed E-state index contributed by atoms with van der Waals surface area (Å²) < 4.78 is 1.61. The largest absolute Gasteiger partial charge is 0.358 e. The van der Waals surface area contributed by atoms with Crippen LogP contribution < -0.4 is 21.7 Å². The molecular weight excluding hydrogens is 272 g/mol. The molecule has 0 unspecified atom stereocenters. The summed E-state index contributed by atoms with van der Waals surface area (Å²) in [4.78, 5) is 11.9. The average Bonchev–Trinajstić information content (AvgIpc) is 2.47. The molecule has 0 bridgehead atoms. The van der Waals surface area contributed by atoms with Crippen LogP contribution in [0.15, 0.2) is 47.8 Å². The number of hydrogen-bond acceptors (Lipinski definition) is 3. The Balaban J connectivity index is 2.26. The first-order valence-electron chi connectivity index (χ1n) is 6.13. The van der Waals surface area contributed by atoms with E-state index >= 15 is 0 Å². The third-order valence-corrected chi connectivity index (χ3v) is 3.12. The fourth-order valence-electron chi connectivity index (χ4n) is 1.85. The molecule has 0 aliphatic carbocycles. The molecule has 2 rings (SSSR count). The van der Waals surface area contributed by atoms with Crippen LogP contribution in [0.5, 0.6) is 0 Å². The lowest BCUT2D eigenvalue weighted by atomic mass is 10.2. The number of pyridine rings is 1. The number of nitrogens with one attached hydrogen (secondary N) is 3. The Morgan fingerprint density at radius 3 is 2.95 bits per heavy atom. The minimum Gasteiger partial charge on any atom is -0.358 e. The number of rotatable bonds is 4. The van der Waals surface area contributed by atoms with Gasteiger partial charge in [0.1, 0.15) is 0 Å². The first-order chi connectivity index (χ1) is 9.63. The molecule has 5 nitrogen and oxygen atoms in total. The Morgan fingerprint density at radius 1 is 1.45 bits per heavy atom. The Kier molecular flexibility index (Phi) is 4.37. The van der Waals surface area contributed by atoms with Gasteiger partial charge >= 0.3 is 0 Å². The first kappa shape index (κ1) is 14.1. The second-order valence-corrected chi connectivity index (χ2v) is 4.63. The highest BCUT2D eigenvalue weighted by Crippen LogP contribution is 2.19. The molecule has 0 spiro atoms. The molecule has 0 atom stereocenters. The molecule has 3 N–H and O–H groups in total. The number of aromatic nitrogens is 1. The van der Waals surface area contributed by atoms with E-state index in [0.717, 1.165) is 10.9 Å². The smallest absolute Gasteiger partial charge is 0.252 e. The van der Waals surface area contributed by atoms with E-state index in [4.69, 9.17) is 12.2 Å². The second kappa shape index (κ2) is 6.21. The van der Waals surface area contributed by atoms with Crippen molar-refractivity contribution in [1.82, 2.24) is 15.3 Å². The van der Waals surface area contributed by atoms with Crippen LogP contribution in [0.3, 0.4) is 0 Å². The van der Waals surface area contributed by atoms with Gasteiger partial charge in [-0.15, -0.1) is 6.58 Å². The van der Waals surface area contributed by atoms with Crippen LogP contribution in [0.25, 0.3) is 10.9 Å². The molecule has 1 aromatic heterocycles. The number of aryl methyl sites for hydroxylation is 1. The summed E-state index contributed by atoms with van der Waals surface area (Å²) in [5.41, 5.74) is 7.27. The topological polar surface area (TPSA) is 58.1 Å². The fourth-order valence-corrected chi connectivity index (χ4v) is 1.98. The molecule has 0 amide bonds. The monoisotopic (exact) mass is 288 g/mol. The van der Waals surface area contributed by atoms with E-state index in [1.54, 1.807) is 17.7 Å². The van der Waals surface area contributed by atoms with Gasteiger partial charge in [0.05, 0.1) is 11.2 Å². The van der Waals surface area contributed by atoms with Crippen molar-refractivity contribution in [3.63, 3.8) is 0 Å². The second-order valence-electron chi connectivity index (χ2n) is 4.22. The lowest BCUT2D eigenvalue weighted by Gasteiger charge is -2.14.